The Morgan fingerprint density at radius 2 is 2.00 bits per heavy atom. The molecule has 2 bridgehead atoms. The van der Waals surface area contributed by atoms with Crippen LogP contribution in [0.3, 0.4) is 0 Å². The summed E-state index contributed by atoms with van der Waals surface area (Å²) < 4.78 is 44.5. The lowest BCUT2D eigenvalue weighted by atomic mass is 10.0. The molecule has 1 saturated heterocycles. The number of urea groups is 1. The molecule has 2 amide bonds. The Kier molecular flexibility index (Phi) is 7.80. The van der Waals surface area contributed by atoms with Gasteiger partial charge in [-0.3, -0.25) is 15.0 Å². The second-order valence-corrected chi connectivity index (χ2v) is 8.80. The van der Waals surface area contributed by atoms with E-state index in [0.717, 1.165) is 0 Å². The van der Waals surface area contributed by atoms with Crippen LogP contribution in [0.4, 0.5) is 35.3 Å². The fraction of sp³-hybridized carbons (Fsp3) is 0.478. The van der Waals surface area contributed by atoms with Crippen molar-refractivity contribution in [2.24, 2.45) is 5.92 Å². The largest absolute Gasteiger partial charge is 0.491 e. The van der Waals surface area contributed by atoms with Gasteiger partial charge in [0.1, 0.15) is 30.0 Å². The molecule has 0 unspecified atom stereocenters. The third kappa shape index (κ3) is 5.92. The highest BCUT2D eigenvalue weighted by Crippen LogP contribution is 2.39. The quantitative estimate of drug-likeness (QED) is 0.358. The number of rotatable bonds is 9. The van der Waals surface area contributed by atoms with Crippen molar-refractivity contribution in [3.8, 4) is 5.75 Å². The van der Waals surface area contributed by atoms with Gasteiger partial charge in [0.15, 0.2) is 11.6 Å². The number of aliphatic hydroxyl groups excluding tert-OH is 3. The van der Waals surface area contributed by atoms with Crippen LogP contribution in [0.5, 0.6) is 5.75 Å². The number of Topliss-reactive ketones (excluding diaryl/α,β-unsaturated/α-hetero) is 1. The fourth-order valence-corrected chi connectivity index (χ4v) is 4.22. The number of aromatic nitrogens is 2. The van der Waals surface area contributed by atoms with E-state index in [9.17, 15) is 27.9 Å². The number of anilines is 3. The lowest BCUT2D eigenvalue weighted by Crippen LogP contribution is -2.48. The van der Waals surface area contributed by atoms with Gasteiger partial charge in [-0.2, -0.15) is 13.2 Å². The summed E-state index contributed by atoms with van der Waals surface area (Å²) in [5, 5.41) is 30.1. The van der Waals surface area contributed by atoms with Gasteiger partial charge >= 0.3 is 12.2 Å². The first-order valence-corrected chi connectivity index (χ1v) is 11.6. The van der Waals surface area contributed by atoms with Crippen molar-refractivity contribution in [1.82, 2.24) is 9.97 Å². The highest BCUT2D eigenvalue weighted by molar-refractivity contribution is 6.05. The zero-order chi connectivity index (χ0) is 26.7. The van der Waals surface area contributed by atoms with Gasteiger partial charge < -0.3 is 25.0 Å². The maximum Gasteiger partial charge on any atom is 0.394 e. The van der Waals surface area contributed by atoms with Crippen molar-refractivity contribution in [3.05, 3.63) is 36.2 Å². The molecule has 2 aromatic rings. The molecule has 0 spiro atoms. The lowest BCUT2D eigenvalue weighted by molar-refractivity contribution is -0.182. The van der Waals surface area contributed by atoms with Crippen molar-refractivity contribution in [2.75, 3.05) is 48.0 Å². The van der Waals surface area contributed by atoms with E-state index in [4.69, 9.17) is 14.9 Å². The SMILES string of the molecule is O=C(C[C@H](CO)C(F)(F)F)c1ccc2c(n1)N(C(=O)Nc1cc(OC[C@H](O)CO)ccn1)[C@H]1CCN2C1. The van der Waals surface area contributed by atoms with Crippen LogP contribution in [0, 0.1) is 5.92 Å². The Morgan fingerprint density at radius 1 is 1.22 bits per heavy atom. The minimum Gasteiger partial charge on any atom is -0.491 e. The maximum atomic E-state index is 13.3. The Labute approximate surface area is 209 Å². The number of ketones is 1. The van der Waals surface area contributed by atoms with E-state index in [0.29, 0.717) is 25.2 Å². The zero-order valence-electron chi connectivity index (χ0n) is 19.6. The third-order valence-electron chi connectivity index (χ3n) is 6.19. The first kappa shape index (κ1) is 26.6. The highest BCUT2D eigenvalue weighted by Gasteiger charge is 2.42. The molecule has 0 aromatic carbocycles. The molecule has 2 aliphatic rings. The molecule has 0 saturated carbocycles. The van der Waals surface area contributed by atoms with Crippen molar-refractivity contribution in [3.63, 3.8) is 0 Å². The summed E-state index contributed by atoms with van der Waals surface area (Å²) in [5.41, 5.74) is 0.329. The summed E-state index contributed by atoms with van der Waals surface area (Å²) in [5.74, 6) is -2.55. The molecule has 4 rings (SSSR count). The summed E-state index contributed by atoms with van der Waals surface area (Å²) in [6.07, 6.45) is -4.79. The topological polar surface area (TPSA) is 148 Å². The summed E-state index contributed by atoms with van der Waals surface area (Å²) in [6, 6.07) is 4.92. The Hall–Kier alpha value is -3.49. The molecule has 11 nitrogen and oxygen atoms in total. The molecule has 1 fully saturated rings. The van der Waals surface area contributed by atoms with E-state index >= 15 is 0 Å². The average molecular weight is 525 g/mol. The van der Waals surface area contributed by atoms with Crippen molar-refractivity contribution in [2.45, 2.75) is 31.2 Å². The first-order chi connectivity index (χ1) is 17.6. The molecule has 4 heterocycles. The summed E-state index contributed by atoms with van der Waals surface area (Å²) >= 11 is 0. The number of pyridine rings is 2. The molecule has 4 N–H and O–H groups in total. The molecular formula is C23H26F3N5O6. The van der Waals surface area contributed by atoms with Gasteiger partial charge in [-0.15, -0.1) is 0 Å². The normalized spacial score (nSPS) is 18.3. The van der Waals surface area contributed by atoms with Crippen LogP contribution in [-0.2, 0) is 0 Å². The molecule has 3 atom stereocenters. The van der Waals surface area contributed by atoms with Crippen LogP contribution < -0.4 is 19.9 Å². The van der Waals surface area contributed by atoms with Crippen LogP contribution in [0.25, 0.3) is 0 Å². The number of ether oxygens (including phenoxy) is 1. The first-order valence-electron chi connectivity index (χ1n) is 11.6. The molecule has 14 heteroatoms. The van der Waals surface area contributed by atoms with E-state index in [1.807, 2.05) is 4.90 Å². The van der Waals surface area contributed by atoms with Gasteiger partial charge in [0.05, 0.1) is 30.9 Å². The molecule has 0 aliphatic carbocycles. The smallest absolute Gasteiger partial charge is 0.394 e. The minimum atomic E-state index is -4.74. The monoisotopic (exact) mass is 525 g/mol. The van der Waals surface area contributed by atoms with Crippen molar-refractivity contribution >= 4 is 29.1 Å². The van der Waals surface area contributed by atoms with Gasteiger partial charge in [-0.05, 0) is 24.6 Å². The van der Waals surface area contributed by atoms with E-state index in [2.05, 4.69) is 15.3 Å². The maximum absolute atomic E-state index is 13.3. The number of nitrogens with zero attached hydrogens (tertiary/aromatic N) is 4. The van der Waals surface area contributed by atoms with Crippen LogP contribution >= 0.6 is 0 Å². The van der Waals surface area contributed by atoms with Crippen LogP contribution in [0.2, 0.25) is 0 Å². The highest BCUT2D eigenvalue weighted by atomic mass is 19.4. The number of fused-ring (bicyclic) bond motifs is 4. The number of aliphatic hydroxyl groups is 3. The van der Waals surface area contributed by atoms with Crippen molar-refractivity contribution in [1.29, 1.82) is 0 Å². The standard InChI is InChI=1S/C23H26F3N5O6/c24-23(25,26)13(10-32)7-19(35)17-1-2-18-21(28-17)31(14-4-6-30(18)9-14)22(36)29-20-8-16(3-5-27-20)37-12-15(34)11-33/h1-3,5,8,13-15,32-34H,4,6-7,9-12H2,(H,27,29,36)/t13-,14+,15-/m1/s1. The molecule has 2 aliphatic heterocycles. The summed E-state index contributed by atoms with van der Waals surface area (Å²) in [7, 11) is 0. The predicted molar refractivity (Wildman–Crippen MR) is 125 cm³/mol. The van der Waals surface area contributed by atoms with Crippen LogP contribution in [-0.4, -0.2) is 88.3 Å². The Balaban J connectivity index is 1.55. The predicted octanol–water partition coefficient (Wildman–Crippen LogP) is 1.58. The lowest BCUT2D eigenvalue weighted by Gasteiger charge is -2.35. The summed E-state index contributed by atoms with van der Waals surface area (Å²) in [4.78, 5) is 37.6. The number of carbonyl (C=O) groups excluding carboxylic acids is 2. The summed E-state index contributed by atoms with van der Waals surface area (Å²) in [6.45, 7) is -0.718. The van der Waals surface area contributed by atoms with Gasteiger partial charge in [-0.1, -0.05) is 0 Å². The van der Waals surface area contributed by atoms with Crippen molar-refractivity contribution < 1.29 is 42.8 Å². The number of carbonyl (C=O) groups is 2. The van der Waals surface area contributed by atoms with Crippen LogP contribution in [0.15, 0.2) is 30.5 Å². The number of amides is 2. The zero-order valence-corrected chi connectivity index (χ0v) is 19.6. The van der Waals surface area contributed by atoms with E-state index < -0.39 is 49.6 Å². The molecule has 2 aromatic heterocycles. The number of nitrogens with one attached hydrogen (secondary N) is 1. The van der Waals surface area contributed by atoms with Crippen LogP contribution in [0.1, 0.15) is 23.3 Å². The van der Waals surface area contributed by atoms with E-state index in [1.54, 1.807) is 6.07 Å². The van der Waals surface area contributed by atoms with Gasteiger partial charge in [0.2, 0.25) is 0 Å². The molecular weight excluding hydrogens is 499 g/mol. The number of hydrogen-bond acceptors (Lipinski definition) is 9. The van der Waals surface area contributed by atoms with E-state index in [1.165, 1.54) is 29.3 Å². The number of halogens is 3. The molecule has 200 valence electrons. The minimum absolute atomic E-state index is 0.131. The molecule has 37 heavy (non-hydrogen) atoms. The second-order valence-electron chi connectivity index (χ2n) is 8.80. The number of hydrogen-bond donors (Lipinski definition) is 4. The van der Waals surface area contributed by atoms with Gasteiger partial charge in [0, 0.05) is 31.8 Å². The van der Waals surface area contributed by atoms with Gasteiger partial charge in [0.25, 0.3) is 0 Å². The van der Waals surface area contributed by atoms with E-state index in [-0.39, 0.29) is 35.7 Å². The fourth-order valence-electron chi connectivity index (χ4n) is 4.22. The Morgan fingerprint density at radius 3 is 2.70 bits per heavy atom. The molecule has 0 radical (unpaired) electrons. The van der Waals surface area contributed by atoms with Gasteiger partial charge in [-0.25, -0.2) is 14.8 Å². The average Bonchev–Trinajstić information content (AvgIpc) is 3.28. The Bertz CT molecular complexity index is 1150. The third-order valence-corrected chi connectivity index (χ3v) is 6.19. The second kappa shape index (κ2) is 10.9. The number of alkyl halides is 3.